The summed E-state index contributed by atoms with van der Waals surface area (Å²) in [4.78, 5) is 29.3. The fourth-order valence-corrected chi connectivity index (χ4v) is 4.70. The molecule has 0 bridgehead atoms. The van der Waals surface area contributed by atoms with E-state index < -0.39 is 27.7 Å². The molecule has 1 fully saturated rings. The number of nitrogens with zero attached hydrogens (tertiary/aromatic N) is 2. The second-order valence-corrected chi connectivity index (χ2v) is 8.64. The topological polar surface area (TPSA) is 119 Å². The average Bonchev–Trinajstić information content (AvgIpc) is 3.18. The number of amides is 2. The molecule has 1 aliphatic rings. The summed E-state index contributed by atoms with van der Waals surface area (Å²) in [5, 5.41) is 5.46. The zero-order valence-electron chi connectivity index (χ0n) is 15.0. The van der Waals surface area contributed by atoms with E-state index in [-0.39, 0.29) is 23.0 Å². The molecule has 3 rings (SSSR count). The second kappa shape index (κ2) is 8.05. The van der Waals surface area contributed by atoms with Crippen molar-refractivity contribution in [3.05, 3.63) is 35.9 Å². The van der Waals surface area contributed by atoms with Gasteiger partial charge in [-0.05, 0) is 25.0 Å². The number of hydrogen-bond donors (Lipinski definition) is 2. The first kappa shape index (κ1) is 19.3. The molecule has 1 aliphatic heterocycles. The van der Waals surface area contributed by atoms with Gasteiger partial charge in [0.2, 0.25) is 5.82 Å². The van der Waals surface area contributed by atoms with Crippen LogP contribution in [0.5, 0.6) is 0 Å². The van der Waals surface area contributed by atoms with E-state index in [0.29, 0.717) is 31.5 Å². The average molecular weight is 394 g/mol. The lowest BCUT2D eigenvalue weighted by atomic mass is 10.2. The van der Waals surface area contributed by atoms with Gasteiger partial charge < -0.3 is 15.4 Å². The molecule has 1 saturated heterocycles. The summed E-state index contributed by atoms with van der Waals surface area (Å²) in [6.07, 6.45) is 2.70. The van der Waals surface area contributed by atoms with Crippen LogP contribution in [0.4, 0.5) is 0 Å². The number of ether oxygens (including phenoxy) is 1. The van der Waals surface area contributed by atoms with Crippen LogP contribution >= 0.6 is 0 Å². The van der Waals surface area contributed by atoms with Gasteiger partial charge in [-0.2, -0.15) is 0 Å². The van der Waals surface area contributed by atoms with E-state index >= 15 is 0 Å². The molecule has 1 atom stereocenters. The van der Waals surface area contributed by atoms with Crippen LogP contribution in [0, 0.1) is 0 Å². The fourth-order valence-electron chi connectivity index (χ4n) is 3.03. The van der Waals surface area contributed by atoms with Crippen molar-refractivity contribution in [1.82, 2.24) is 20.0 Å². The third kappa shape index (κ3) is 4.45. The number of carbonyl (C=O) groups excluding carboxylic acids is 2. The lowest BCUT2D eigenvalue weighted by molar-refractivity contribution is 0.0937. The number of sulfone groups is 1. The molecule has 0 saturated carbocycles. The Bertz CT molecular complexity index is 953. The van der Waals surface area contributed by atoms with Crippen molar-refractivity contribution in [1.29, 1.82) is 0 Å². The summed E-state index contributed by atoms with van der Waals surface area (Å²) in [5.74, 6) is -0.782. The molecule has 2 aromatic rings. The first-order chi connectivity index (χ1) is 12.9. The predicted molar refractivity (Wildman–Crippen MR) is 98.5 cm³/mol. The van der Waals surface area contributed by atoms with Gasteiger partial charge in [-0.25, -0.2) is 13.4 Å². The third-order valence-electron chi connectivity index (χ3n) is 4.35. The van der Waals surface area contributed by atoms with Gasteiger partial charge in [-0.3, -0.25) is 14.0 Å². The molecule has 3 heterocycles. The largest absolute Gasteiger partial charge is 0.385 e. The van der Waals surface area contributed by atoms with E-state index in [1.54, 1.807) is 35.9 Å². The Labute approximate surface area is 157 Å². The Kier molecular flexibility index (Phi) is 5.76. The molecule has 0 aromatic carbocycles. The molecule has 2 amide bonds. The van der Waals surface area contributed by atoms with E-state index in [4.69, 9.17) is 4.74 Å². The molecular weight excluding hydrogens is 372 g/mol. The number of fused-ring (bicyclic) bond motifs is 1. The van der Waals surface area contributed by atoms with Gasteiger partial charge in [0.05, 0.1) is 17.0 Å². The van der Waals surface area contributed by atoms with Crippen molar-refractivity contribution in [2.24, 2.45) is 0 Å². The lowest BCUT2D eigenvalue weighted by Crippen LogP contribution is -2.36. The molecule has 1 unspecified atom stereocenters. The normalized spacial score (nSPS) is 18.5. The Morgan fingerprint density at radius 3 is 2.85 bits per heavy atom. The van der Waals surface area contributed by atoms with Crippen LogP contribution in [-0.2, 0) is 14.6 Å². The van der Waals surface area contributed by atoms with Crippen molar-refractivity contribution in [3.63, 3.8) is 0 Å². The molecule has 9 nitrogen and oxygen atoms in total. The van der Waals surface area contributed by atoms with E-state index in [2.05, 4.69) is 15.6 Å². The summed E-state index contributed by atoms with van der Waals surface area (Å²) in [5.41, 5.74) is 0.583. The van der Waals surface area contributed by atoms with Crippen LogP contribution in [0.1, 0.15) is 33.9 Å². The summed E-state index contributed by atoms with van der Waals surface area (Å²) in [7, 11) is -1.52. The van der Waals surface area contributed by atoms with Gasteiger partial charge >= 0.3 is 0 Å². The summed E-state index contributed by atoms with van der Waals surface area (Å²) < 4.78 is 29.7. The van der Waals surface area contributed by atoms with Gasteiger partial charge in [-0.15, -0.1) is 0 Å². The maximum absolute atomic E-state index is 12.6. The Morgan fingerprint density at radius 2 is 2.15 bits per heavy atom. The Balaban J connectivity index is 1.79. The molecule has 0 radical (unpaired) electrons. The number of imidazole rings is 1. The van der Waals surface area contributed by atoms with Crippen LogP contribution < -0.4 is 10.6 Å². The highest BCUT2D eigenvalue weighted by molar-refractivity contribution is 7.91. The van der Waals surface area contributed by atoms with Gasteiger partial charge in [0.1, 0.15) is 0 Å². The van der Waals surface area contributed by atoms with E-state index in [1.165, 1.54) is 0 Å². The monoisotopic (exact) mass is 394 g/mol. The van der Waals surface area contributed by atoms with Gasteiger partial charge in [0, 0.05) is 32.5 Å². The van der Waals surface area contributed by atoms with Crippen molar-refractivity contribution in [3.8, 4) is 0 Å². The standard InChI is InChI=1S/C17H22N4O5S/c1-26-9-4-7-18-17(23)15-20-14(13-5-2-3-8-21(13)15)16(22)19-12-6-10-27(24,25)11-12/h2-3,5,8,12H,4,6-7,9-11H2,1H3,(H,18,23)(H,19,22). The van der Waals surface area contributed by atoms with Crippen LogP contribution in [0.2, 0.25) is 0 Å². The predicted octanol–water partition coefficient (Wildman–Crippen LogP) is 0.0175. The Morgan fingerprint density at radius 1 is 1.33 bits per heavy atom. The van der Waals surface area contributed by atoms with Crippen molar-refractivity contribution < 1.29 is 22.7 Å². The number of aromatic nitrogens is 2. The van der Waals surface area contributed by atoms with Crippen molar-refractivity contribution >= 4 is 27.2 Å². The first-order valence-electron chi connectivity index (χ1n) is 8.67. The quantitative estimate of drug-likeness (QED) is 0.639. The van der Waals surface area contributed by atoms with Crippen molar-refractivity contribution in [2.75, 3.05) is 31.8 Å². The minimum Gasteiger partial charge on any atom is -0.385 e. The fraction of sp³-hybridized carbons (Fsp3) is 0.471. The number of nitrogens with one attached hydrogen (secondary N) is 2. The van der Waals surface area contributed by atoms with E-state index in [9.17, 15) is 18.0 Å². The number of hydrogen-bond acceptors (Lipinski definition) is 6. The number of carbonyl (C=O) groups is 2. The number of rotatable bonds is 7. The van der Waals surface area contributed by atoms with Crippen molar-refractivity contribution in [2.45, 2.75) is 18.9 Å². The maximum Gasteiger partial charge on any atom is 0.287 e. The zero-order chi connectivity index (χ0) is 19.4. The van der Waals surface area contributed by atoms with Crippen LogP contribution in [0.25, 0.3) is 5.52 Å². The highest BCUT2D eigenvalue weighted by atomic mass is 32.2. The second-order valence-electron chi connectivity index (χ2n) is 6.42. The SMILES string of the molecule is COCCCNC(=O)c1nc(C(=O)NC2CCS(=O)(=O)C2)c2ccccn12. The zero-order valence-corrected chi connectivity index (χ0v) is 15.8. The van der Waals surface area contributed by atoms with Gasteiger partial charge in [0.25, 0.3) is 11.8 Å². The summed E-state index contributed by atoms with van der Waals surface area (Å²) >= 11 is 0. The molecule has 146 valence electrons. The molecule has 10 heteroatoms. The van der Waals surface area contributed by atoms with Gasteiger partial charge in [-0.1, -0.05) is 6.07 Å². The molecule has 0 aliphatic carbocycles. The molecule has 2 aromatic heterocycles. The minimum absolute atomic E-state index is 0.0665. The Hall–Kier alpha value is -2.46. The maximum atomic E-state index is 12.6. The van der Waals surface area contributed by atoms with E-state index in [1.807, 2.05) is 0 Å². The van der Waals surface area contributed by atoms with Crippen LogP contribution in [0.3, 0.4) is 0 Å². The summed E-state index contributed by atoms with van der Waals surface area (Å²) in [6.45, 7) is 0.955. The number of methoxy groups -OCH3 is 1. The molecule has 2 N–H and O–H groups in total. The first-order valence-corrected chi connectivity index (χ1v) is 10.5. The van der Waals surface area contributed by atoms with Gasteiger partial charge in [0.15, 0.2) is 15.5 Å². The number of pyridine rings is 1. The third-order valence-corrected chi connectivity index (χ3v) is 6.11. The molecule has 0 spiro atoms. The smallest absolute Gasteiger partial charge is 0.287 e. The minimum atomic E-state index is -3.10. The lowest BCUT2D eigenvalue weighted by Gasteiger charge is -2.09. The van der Waals surface area contributed by atoms with Crippen LogP contribution in [0.15, 0.2) is 24.4 Å². The summed E-state index contributed by atoms with van der Waals surface area (Å²) in [6, 6.07) is 4.74. The highest BCUT2D eigenvalue weighted by Crippen LogP contribution is 2.16. The molecule has 27 heavy (non-hydrogen) atoms. The molecular formula is C17H22N4O5S. The highest BCUT2D eigenvalue weighted by Gasteiger charge is 2.30. The van der Waals surface area contributed by atoms with Crippen LogP contribution in [-0.4, -0.2) is 67.4 Å². The van der Waals surface area contributed by atoms with E-state index in [0.717, 1.165) is 0 Å².